The molecule has 1 aliphatic heterocycles. The molecule has 4 rings (SSSR count). The third-order valence-corrected chi connectivity index (χ3v) is 5.68. The van der Waals surface area contributed by atoms with Gasteiger partial charge in [-0.15, -0.1) is 0 Å². The number of morpholine rings is 1. The number of benzene rings is 3. The van der Waals surface area contributed by atoms with Crippen molar-refractivity contribution in [2.45, 2.75) is 6.61 Å². The number of hydrogen-bond donors (Lipinski definition) is 1. The molecule has 1 amide bonds. The molecule has 0 radical (unpaired) electrons. The van der Waals surface area contributed by atoms with Crippen molar-refractivity contribution in [3.63, 3.8) is 0 Å². The first-order valence-corrected chi connectivity index (χ1v) is 11.1. The monoisotopic (exact) mass is 491 g/mol. The van der Waals surface area contributed by atoms with Crippen LogP contribution in [-0.2, 0) is 11.3 Å². The summed E-state index contributed by atoms with van der Waals surface area (Å²) < 4.78 is 12.2. The van der Waals surface area contributed by atoms with E-state index in [1.165, 1.54) is 0 Å². The number of carbonyl (C=O) groups is 1. The smallest absolute Gasteiger partial charge is 0.255 e. The Bertz CT molecular complexity index is 1150. The van der Waals surface area contributed by atoms with E-state index < -0.39 is 0 Å². The summed E-state index contributed by atoms with van der Waals surface area (Å²) in [5, 5.41) is 12.3. The minimum absolute atomic E-state index is 0.222. The minimum atomic E-state index is -0.222. The molecule has 0 aliphatic carbocycles. The van der Waals surface area contributed by atoms with Gasteiger partial charge in [0.2, 0.25) is 0 Å². The van der Waals surface area contributed by atoms with E-state index in [-0.39, 0.29) is 12.5 Å². The van der Waals surface area contributed by atoms with Crippen LogP contribution in [0.15, 0.2) is 71.2 Å². The van der Waals surface area contributed by atoms with Crippen LogP contribution in [0.2, 0.25) is 0 Å². The van der Waals surface area contributed by atoms with E-state index in [4.69, 9.17) is 9.47 Å². The number of carbonyl (C=O) groups excluding carboxylic acids is 1. The van der Waals surface area contributed by atoms with Crippen molar-refractivity contribution in [2.75, 3.05) is 36.5 Å². The minimum Gasteiger partial charge on any atom is -0.489 e. The molecule has 1 aliphatic rings. The fourth-order valence-electron chi connectivity index (χ4n) is 3.53. The molecule has 1 heterocycles. The van der Waals surface area contributed by atoms with Gasteiger partial charge >= 0.3 is 0 Å². The van der Waals surface area contributed by atoms with Crippen molar-refractivity contribution in [3.8, 4) is 11.8 Å². The number of ether oxygens (including phenoxy) is 2. The Hall–Kier alpha value is -3.34. The zero-order chi connectivity index (χ0) is 22.3. The lowest BCUT2D eigenvalue weighted by Crippen LogP contribution is -2.36. The summed E-state index contributed by atoms with van der Waals surface area (Å²) in [4.78, 5) is 15.2. The maximum atomic E-state index is 13.0. The topological polar surface area (TPSA) is 74.6 Å². The van der Waals surface area contributed by atoms with Gasteiger partial charge < -0.3 is 19.7 Å². The molecule has 1 N–H and O–H groups in total. The van der Waals surface area contributed by atoms with Crippen LogP contribution in [0.5, 0.6) is 5.75 Å². The van der Waals surface area contributed by atoms with E-state index in [0.717, 1.165) is 34.5 Å². The molecule has 0 atom stereocenters. The van der Waals surface area contributed by atoms with E-state index >= 15 is 0 Å². The highest BCUT2D eigenvalue weighted by molar-refractivity contribution is 9.10. The van der Waals surface area contributed by atoms with Crippen LogP contribution in [0.4, 0.5) is 11.4 Å². The molecular weight excluding hydrogens is 470 g/mol. The molecule has 0 unspecified atom stereocenters. The summed E-state index contributed by atoms with van der Waals surface area (Å²) in [5.41, 5.74) is 3.57. The molecule has 6 nitrogen and oxygen atoms in total. The Morgan fingerprint density at radius 3 is 2.72 bits per heavy atom. The number of rotatable bonds is 6. The van der Waals surface area contributed by atoms with Crippen LogP contribution < -0.4 is 15.0 Å². The Morgan fingerprint density at radius 2 is 1.91 bits per heavy atom. The molecule has 3 aromatic rings. The molecule has 0 saturated carbocycles. The standard InChI is InChI=1S/C25H22BrN3O3/c26-21-8-9-24(29-10-12-31-13-11-29)23(15-21)28-25(30)18-6-3-7-22(14-18)32-17-20-5-2-1-4-19(20)16-27/h1-9,14-15H,10-13,17H2,(H,28,30). The predicted molar refractivity (Wildman–Crippen MR) is 127 cm³/mol. The first-order chi connectivity index (χ1) is 15.6. The molecular formula is C25H22BrN3O3. The van der Waals surface area contributed by atoms with Crippen molar-refractivity contribution in [1.82, 2.24) is 0 Å². The van der Waals surface area contributed by atoms with Gasteiger partial charge in [0.15, 0.2) is 0 Å². The van der Waals surface area contributed by atoms with Crippen LogP contribution >= 0.6 is 15.9 Å². The molecule has 0 bridgehead atoms. The molecule has 0 spiro atoms. The molecule has 1 saturated heterocycles. The van der Waals surface area contributed by atoms with Gasteiger partial charge in [-0.1, -0.05) is 40.2 Å². The van der Waals surface area contributed by atoms with E-state index in [2.05, 4.69) is 32.2 Å². The Morgan fingerprint density at radius 1 is 1.09 bits per heavy atom. The van der Waals surface area contributed by atoms with Gasteiger partial charge in [0.1, 0.15) is 12.4 Å². The predicted octanol–water partition coefficient (Wildman–Crippen LogP) is 4.99. The summed E-state index contributed by atoms with van der Waals surface area (Å²) in [5.74, 6) is 0.341. The number of amides is 1. The summed E-state index contributed by atoms with van der Waals surface area (Å²) >= 11 is 3.50. The Kier molecular flexibility index (Phi) is 7.05. The van der Waals surface area contributed by atoms with E-state index in [1.807, 2.05) is 36.4 Å². The maximum absolute atomic E-state index is 13.0. The maximum Gasteiger partial charge on any atom is 0.255 e. The fraction of sp³-hybridized carbons (Fsp3) is 0.200. The number of halogens is 1. The van der Waals surface area contributed by atoms with Crippen LogP contribution in [-0.4, -0.2) is 32.2 Å². The quantitative estimate of drug-likeness (QED) is 0.525. The average molecular weight is 492 g/mol. The van der Waals surface area contributed by atoms with E-state index in [1.54, 1.807) is 30.3 Å². The zero-order valence-electron chi connectivity index (χ0n) is 17.4. The zero-order valence-corrected chi connectivity index (χ0v) is 19.0. The summed E-state index contributed by atoms with van der Waals surface area (Å²) in [6, 6.07) is 22.4. The van der Waals surface area contributed by atoms with Crippen molar-refractivity contribution >= 4 is 33.2 Å². The van der Waals surface area contributed by atoms with Crippen LogP contribution in [0.25, 0.3) is 0 Å². The number of nitrogens with zero attached hydrogens (tertiary/aromatic N) is 2. The van der Waals surface area contributed by atoms with Gasteiger partial charge in [-0.25, -0.2) is 0 Å². The highest BCUT2D eigenvalue weighted by Crippen LogP contribution is 2.30. The number of nitrogens with one attached hydrogen (secondary N) is 1. The molecule has 0 aromatic heterocycles. The second-order valence-corrected chi connectivity index (χ2v) is 8.22. The van der Waals surface area contributed by atoms with Crippen LogP contribution in [0.3, 0.4) is 0 Å². The van der Waals surface area contributed by atoms with Gasteiger partial charge in [0, 0.05) is 28.7 Å². The lowest BCUT2D eigenvalue weighted by Gasteiger charge is -2.30. The first-order valence-electron chi connectivity index (χ1n) is 10.3. The molecule has 32 heavy (non-hydrogen) atoms. The first kappa shape index (κ1) is 21.9. The third-order valence-electron chi connectivity index (χ3n) is 5.19. The lowest BCUT2D eigenvalue weighted by molar-refractivity contribution is 0.102. The highest BCUT2D eigenvalue weighted by atomic mass is 79.9. The number of anilines is 2. The van der Waals surface area contributed by atoms with Gasteiger partial charge in [-0.2, -0.15) is 5.26 Å². The molecule has 1 fully saturated rings. The van der Waals surface area contributed by atoms with Crippen molar-refractivity contribution < 1.29 is 14.3 Å². The summed E-state index contributed by atoms with van der Waals surface area (Å²) in [6.07, 6.45) is 0. The van der Waals surface area contributed by atoms with E-state index in [0.29, 0.717) is 30.1 Å². The highest BCUT2D eigenvalue weighted by Gasteiger charge is 2.17. The van der Waals surface area contributed by atoms with E-state index in [9.17, 15) is 10.1 Å². The lowest BCUT2D eigenvalue weighted by atomic mass is 10.1. The third kappa shape index (κ3) is 5.28. The van der Waals surface area contributed by atoms with Crippen LogP contribution in [0.1, 0.15) is 21.5 Å². The van der Waals surface area contributed by atoms with Crippen molar-refractivity contribution in [2.24, 2.45) is 0 Å². The van der Waals surface area contributed by atoms with Crippen LogP contribution in [0, 0.1) is 11.3 Å². The normalized spacial score (nSPS) is 13.3. The number of hydrogen-bond acceptors (Lipinski definition) is 5. The Balaban J connectivity index is 1.49. The second-order valence-electron chi connectivity index (χ2n) is 7.30. The van der Waals surface area contributed by atoms with Crippen molar-refractivity contribution in [3.05, 3.63) is 87.9 Å². The van der Waals surface area contributed by atoms with Gasteiger partial charge in [0.25, 0.3) is 5.91 Å². The second kappa shape index (κ2) is 10.3. The molecule has 3 aromatic carbocycles. The number of nitriles is 1. The van der Waals surface area contributed by atoms with Gasteiger partial charge in [-0.3, -0.25) is 4.79 Å². The summed E-state index contributed by atoms with van der Waals surface area (Å²) in [6.45, 7) is 3.13. The van der Waals surface area contributed by atoms with Gasteiger partial charge in [0.05, 0.1) is 36.2 Å². The molecule has 162 valence electrons. The van der Waals surface area contributed by atoms with Gasteiger partial charge in [-0.05, 0) is 42.5 Å². The van der Waals surface area contributed by atoms with Crippen molar-refractivity contribution in [1.29, 1.82) is 5.26 Å². The molecule has 7 heteroatoms. The average Bonchev–Trinajstić information content (AvgIpc) is 2.84. The summed E-state index contributed by atoms with van der Waals surface area (Å²) in [7, 11) is 0. The Labute approximate surface area is 195 Å². The SMILES string of the molecule is N#Cc1ccccc1COc1cccc(C(=O)Nc2cc(Br)ccc2N2CCOCC2)c1. The fourth-order valence-corrected chi connectivity index (χ4v) is 3.89. The largest absolute Gasteiger partial charge is 0.489 e.